The normalized spacial score (nSPS) is 10.5. The Morgan fingerprint density at radius 2 is 1.00 bits per heavy atom. The van der Waals surface area contributed by atoms with Crippen molar-refractivity contribution in [1.29, 1.82) is 0 Å². The number of nitrogens with zero attached hydrogens (tertiary/aromatic N) is 2. The van der Waals surface area contributed by atoms with Crippen LogP contribution in [0.5, 0.6) is 0 Å². The van der Waals surface area contributed by atoms with Crippen LogP contribution in [0.25, 0.3) is 44.1 Å². The third kappa shape index (κ3) is 3.85. The van der Waals surface area contributed by atoms with Gasteiger partial charge >= 0.3 is 28.2 Å². The van der Waals surface area contributed by atoms with Crippen molar-refractivity contribution in [3.63, 3.8) is 0 Å². The predicted octanol–water partition coefficient (Wildman–Crippen LogP) is 6.60. The number of rotatable bonds is 2. The third-order valence-electron chi connectivity index (χ3n) is 4.61. The van der Waals surface area contributed by atoms with E-state index in [0.717, 1.165) is 33.3 Å². The Morgan fingerprint density at radius 1 is 0.571 bits per heavy atom. The minimum absolute atomic E-state index is 0.923. The van der Waals surface area contributed by atoms with Gasteiger partial charge in [-0.2, -0.15) is 0 Å². The molecule has 2 nitrogen and oxygen atoms in total. The van der Waals surface area contributed by atoms with Crippen molar-refractivity contribution in [1.82, 2.24) is 9.97 Å². The summed E-state index contributed by atoms with van der Waals surface area (Å²) in [5, 5.41) is 4.65. The van der Waals surface area contributed by atoms with Crippen LogP contribution in [-0.2, 0) is 18.8 Å². The fourth-order valence-corrected chi connectivity index (χ4v) is 3.23. The Labute approximate surface area is 179 Å². The maximum Gasteiger partial charge on any atom is 0.0261 e. The number of fused-ring (bicyclic) bond motifs is 2. The van der Waals surface area contributed by atoms with Crippen molar-refractivity contribution >= 4 is 31.0 Å². The summed E-state index contributed by atoms with van der Waals surface area (Å²) in [6.45, 7) is 0. The van der Waals surface area contributed by atoms with Crippen LogP contribution in [0.3, 0.4) is 0 Å². The van der Waals surface area contributed by atoms with Gasteiger partial charge in [-0.25, -0.2) is 0 Å². The minimum atomic E-state index is 0.923. The Hall–Kier alpha value is -2.54. The number of aromatic nitrogens is 2. The molecule has 2 heterocycles. The molecule has 0 atom stereocenters. The van der Waals surface area contributed by atoms with E-state index >= 15 is 0 Å². The summed E-state index contributed by atoms with van der Waals surface area (Å²) < 4.78 is 0. The third-order valence-corrected chi connectivity index (χ3v) is 4.61. The zero-order valence-corrected chi connectivity index (χ0v) is 17.8. The van der Waals surface area contributed by atoms with Crippen molar-refractivity contribution in [2.75, 3.05) is 0 Å². The molecule has 138 valence electrons. The molecule has 0 fully saturated rings. The second-order valence-corrected chi connectivity index (χ2v) is 6.31. The molecule has 0 aliphatic rings. The van der Waals surface area contributed by atoms with Crippen LogP contribution >= 0.6 is 9.42 Å². The first-order chi connectivity index (χ1) is 13.9. The number of hydrogen-bond donors (Lipinski definition) is 0. The molecular weight excluding hydrogens is 547 g/mol. The van der Waals surface area contributed by atoms with E-state index in [4.69, 9.17) is 0 Å². The van der Waals surface area contributed by atoms with Gasteiger partial charge in [0.1, 0.15) is 0 Å². The first-order valence-electron chi connectivity index (χ1n) is 8.71. The van der Waals surface area contributed by atoms with E-state index in [-0.39, 0.29) is 0 Å². The number of halogens is 1. The maximum absolute atomic E-state index is 4.61. The molecule has 28 heavy (non-hydrogen) atoms. The van der Waals surface area contributed by atoms with Gasteiger partial charge in [0, 0.05) is 23.8 Å². The summed E-state index contributed by atoms with van der Waals surface area (Å²) in [5.74, 6) is 0. The van der Waals surface area contributed by atoms with Crippen LogP contribution in [0.15, 0.2) is 91.3 Å². The molecule has 0 bridgehead atoms. The summed E-state index contributed by atoms with van der Waals surface area (Å²) in [6, 6.07) is 30.3. The zero-order chi connectivity index (χ0) is 19.3. The van der Waals surface area contributed by atoms with Crippen LogP contribution in [-0.4, -0.2) is 9.97 Å². The smallest absolute Gasteiger partial charge is 0.0261 e. The van der Waals surface area contributed by atoms with Crippen molar-refractivity contribution in [2.45, 2.75) is 0 Å². The van der Waals surface area contributed by atoms with E-state index in [9.17, 15) is 0 Å². The Balaban J connectivity index is 0.000000932. The van der Waals surface area contributed by atoms with Gasteiger partial charge in [0.05, 0.1) is 0 Å². The first kappa shape index (κ1) is 18.8. The second-order valence-electron chi connectivity index (χ2n) is 6.31. The Kier molecular flexibility index (Phi) is 5.81. The summed E-state index contributed by atoms with van der Waals surface area (Å²) in [6.07, 6.45) is 3.83. The molecule has 3 aromatic carbocycles. The molecule has 2 aromatic heterocycles. The van der Waals surface area contributed by atoms with Crippen molar-refractivity contribution < 1.29 is 18.8 Å². The van der Waals surface area contributed by atoms with Crippen LogP contribution in [0.4, 0.5) is 0 Å². The van der Waals surface area contributed by atoms with Gasteiger partial charge < -0.3 is 0 Å². The summed E-state index contributed by atoms with van der Waals surface area (Å²) in [7, 11) is 4.61. The van der Waals surface area contributed by atoms with Crippen molar-refractivity contribution in [2.24, 2.45) is 0 Å². The number of hydrogen-bond acceptors (Lipinski definition) is 2. The van der Waals surface area contributed by atoms with E-state index in [1.54, 1.807) is 18.8 Å². The number of benzene rings is 3. The van der Waals surface area contributed by atoms with E-state index in [0.29, 0.717) is 0 Å². The Morgan fingerprint density at radius 3 is 1.46 bits per heavy atom. The standard InChI is InChI=1S/C24H15N2.ClH.Pt/c1-3-8-21-15-25-23(13-17(21)6-1)19-10-5-11-20(12-19)24-14-18-7-2-4-9-22(18)16-26-24;;/h1-11,13-16H;1H;/q-1;;+2/p-1. The molecule has 0 saturated carbocycles. The van der Waals surface area contributed by atoms with E-state index < -0.39 is 0 Å². The molecule has 0 spiro atoms. The molecule has 4 heteroatoms. The second kappa shape index (κ2) is 8.64. The topological polar surface area (TPSA) is 25.8 Å². The van der Waals surface area contributed by atoms with Gasteiger partial charge in [0.15, 0.2) is 0 Å². The molecule has 0 aliphatic carbocycles. The monoisotopic (exact) mass is 561 g/mol. The summed E-state index contributed by atoms with van der Waals surface area (Å²) >= 11 is 1.61. The van der Waals surface area contributed by atoms with E-state index in [2.05, 4.69) is 61.9 Å². The van der Waals surface area contributed by atoms with Gasteiger partial charge in [-0.15, -0.1) is 24.3 Å². The fraction of sp³-hybridized carbons (Fsp3) is 0. The largest absolute Gasteiger partial charge is 0.294 e. The van der Waals surface area contributed by atoms with Crippen molar-refractivity contribution in [3.05, 3.63) is 97.3 Å². The summed E-state index contributed by atoms with van der Waals surface area (Å²) in [4.78, 5) is 9.22. The minimum Gasteiger partial charge on any atom is -0.294 e. The average Bonchev–Trinajstić information content (AvgIpc) is 2.80. The van der Waals surface area contributed by atoms with Crippen molar-refractivity contribution in [3.8, 4) is 22.5 Å². The van der Waals surface area contributed by atoms with Gasteiger partial charge in [-0.3, -0.25) is 9.97 Å². The SMILES string of the molecule is [Cl][Pt+].[c-]1c(-c2cc3ccccc3cn2)cccc1-c1cc2ccccc2cn1. The molecule has 0 N–H and O–H groups in total. The fourth-order valence-electron chi connectivity index (χ4n) is 3.23. The van der Waals surface area contributed by atoms with E-state index in [1.807, 2.05) is 54.9 Å². The molecule has 0 aliphatic heterocycles. The van der Waals surface area contributed by atoms with Crippen LogP contribution in [0, 0.1) is 6.07 Å². The quantitative estimate of drug-likeness (QED) is 0.227. The van der Waals surface area contributed by atoms with Crippen LogP contribution in [0.1, 0.15) is 0 Å². The predicted molar refractivity (Wildman–Crippen MR) is 113 cm³/mol. The molecule has 0 amide bonds. The van der Waals surface area contributed by atoms with Gasteiger partial charge in [0.25, 0.3) is 0 Å². The summed E-state index contributed by atoms with van der Waals surface area (Å²) in [5.41, 5.74) is 3.80. The number of pyridine rings is 2. The van der Waals surface area contributed by atoms with Gasteiger partial charge in [-0.05, 0) is 21.5 Å². The first-order valence-corrected chi connectivity index (χ1v) is 11.5. The zero-order valence-electron chi connectivity index (χ0n) is 14.7. The Bertz CT molecular complexity index is 1160. The molecule has 0 unspecified atom stereocenters. The molecule has 0 saturated heterocycles. The van der Waals surface area contributed by atoms with Gasteiger partial charge in [0.2, 0.25) is 0 Å². The van der Waals surface area contributed by atoms with Crippen LogP contribution in [0.2, 0.25) is 0 Å². The average molecular weight is 562 g/mol. The maximum atomic E-state index is 4.61. The molecule has 5 rings (SSSR count). The van der Waals surface area contributed by atoms with E-state index in [1.165, 1.54) is 10.8 Å². The molecule has 0 radical (unpaired) electrons. The van der Waals surface area contributed by atoms with Gasteiger partial charge in [-0.1, -0.05) is 71.8 Å². The molecular formula is C24H15ClN2Pt. The van der Waals surface area contributed by atoms with Crippen LogP contribution < -0.4 is 0 Å². The molecule has 5 aromatic rings.